The number of nitrogens with zero attached hydrogens (tertiary/aromatic N) is 2. The highest BCUT2D eigenvalue weighted by molar-refractivity contribution is 6.30. The minimum atomic E-state index is -0.240. The van der Waals surface area contributed by atoms with Crippen LogP contribution in [0.4, 0.5) is 5.69 Å². The lowest BCUT2D eigenvalue weighted by Crippen LogP contribution is -2.23. The molecule has 5 nitrogen and oxygen atoms in total. The quantitative estimate of drug-likeness (QED) is 0.553. The van der Waals surface area contributed by atoms with E-state index in [-0.39, 0.29) is 5.56 Å². The average Bonchev–Trinajstić information content (AvgIpc) is 2.70. The fraction of sp³-hybridized carbons (Fsp3) is 0.0909. The number of pyridine rings is 2. The SMILES string of the molecule is COc1ccc(-c2c(N)c3ccc(C)nc3n(-c3ccc(Cl)cc3)c2=O)cc1. The van der Waals surface area contributed by atoms with Crippen molar-refractivity contribution in [1.29, 1.82) is 0 Å². The Bertz CT molecular complexity index is 1230. The van der Waals surface area contributed by atoms with E-state index >= 15 is 0 Å². The van der Waals surface area contributed by atoms with E-state index in [1.807, 2.05) is 31.2 Å². The molecule has 0 spiro atoms. The van der Waals surface area contributed by atoms with Crippen molar-refractivity contribution in [3.8, 4) is 22.6 Å². The van der Waals surface area contributed by atoms with Gasteiger partial charge in [-0.3, -0.25) is 9.36 Å². The zero-order valence-corrected chi connectivity index (χ0v) is 16.2. The monoisotopic (exact) mass is 391 g/mol. The van der Waals surface area contributed by atoms with Crippen molar-refractivity contribution in [1.82, 2.24) is 9.55 Å². The number of nitrogen functional groups attached to an aromatic ring is 1. The van der Waals surface area contributed by atoms with Crippen LogP contribution in [-0.2, 0) is 0 Å². The molecule has 0 fully saturated rings. The van der Waals surface area contributed by atoms with Crippen LogP contribution in [0.15, 0.2) is 65.5 Å². The molecule has 2 aromatic carbocycles. The number of rotatable bonds is 3. The molecule has 140 valence electrons. The fourth-order valence-electron chi connectivity index (χ4n) is 3.25. The van der Waals surface area contributed by atoms with Crippen LogP contribution in [0.1, 0.15) is 5.69 Å². The van der Waals surface area contributed by atoms with Gasteiger partial charge in [0.15, 0.2) is 0 Å². The van der Waals surface area contributed by atoms with Gasteiger partial charge in [0.1, 0.15) is 11.4 Å². The van der Waals surface area contributed by atoms with Crippen molar-refractivity contribution < 1.29 is 4.74 Å². The maximum atomic E-state index is 13.5. The smallest absolute Gasteiger partial charge is 0.266 e. The second-order valence-corrected chi connectivity index (χ2v) is 6.89. The predicted molar refractivity (Wildman–Crippen MR) is 113 cm³/mol. The van der Waals surface area contributed by atoms with Crippen LogP contribution in [0.3, 0.4) is 0 Å². The lowest BCUT2D eigenvalue weighted by molar-refractivity contribution is 0.415. The molecule has 4 rings (SSSR count). The third-order valence-corrected chi connectivity index (χ3v) is 4.92. The van der Waals surface area contributed by atoms with Gasteiger partial charge in [-0.2, -0.15) is 0 Å². The van der Waals surface area contributed by atoms with Gasteiger partial charge in [-0.05, 0) is 61.0 Å². The van der Waals surface area contributed by atoms with Crippen molar-refractivity contribution in [2.45, 2.75) is 6.92 Å². The molecule has 0 radical (unpaired) electrons. The molecule has 0 bridgehead atoms. The summed E-state index contributed by atoms with van der Waals surface area (Å²) in [4.78, 5) is 18.1. The van der Waals surface area contributed by atoms with Gasteiger partial charge in [0.05, 0.1) is 24.0 Å². The minimum absolute atomic E-state index is 0.240. The summed E-state index contributed by atoms with van der Waals surface area (Å²) < 4.78 is 6.79. The number of fused-ring (bicyclic) bond motifs is 1. The van der Waals surface area contributed by atoms with E-state index in [1.54, 1.807) is 48.1 Å². The molecule has 0 aliphatic rings. The summed E-state index contributed by atoms with van der Waals surface area (Å²) in [6, 6.07) is 18.1. The second-order valence-electron chi connectivity index (χ2n) is 6.46. The highest BCUT2D eigenvalue weighted by Crippen LogP contribution is 2.31. The standard InChI is InChI=1S/C22H18ClN3O2/c1-13-3-12-18-20(24)19(14-4-10-17(28-2)11-5-14)22(27)26(21(18)25-13)16-8-6-15(23)7-9-16/h3-12H,24H2,1-2H3. The van der Waals surface area contributed by atoms with Crippen LogP contribution >= 0.6 is 11.6 Å². The van der Waals surface area contributed by atoms with E-state index in [2.05, 4.69) is 4.98 Å². The lowest BCUT2D eigenvalue weighted by Gasteiger charge is -2.16. The molecule has 28 heavy (non-hydrogen) atoms. The number of nitrogens with two attached hydrogens (primary N) is 1. The Labute approximate surface area is 167 Å². The molecule has 2 aromatic heterocycles. The van der Waals surface area contributed by atoms with Gasteiger partial charge >= 0.3 is 0 Å². The Kier molecular flexibility index (Phi) is 4.53. The van der Waals surface area contributed by atoms with Crippen molar-refractivity contribution >= 4 is 28.3 Å². The minimum Gasteiger partial charge on any atom is -0.497 e. The lowest BCUT2D eigenvalue weighted by atomic mass is 10.0. The third kappa shape index (κ3) is 3.00. The number of aryl methyl sites for hydroxylation is 1. The Morgan fingerprint density at radius 2 is 1.68 bits per heavy atom. The van der Waals surface area contributed by atoms with Crippen LogP contribution in [-0.4, -0.2) is 16.7 Å². The van der Waals surface area contributed by atoms with Gasteiger partial charge in [0, 0.05) is 16.1 Å². The Balaban J connectivity index is 2.10. The van der Waals surface area contributed by atoms with E-state index in [9.17, 15) is 4.79 Å². The zero-order chi connectivity index (χ0) is 19.8. The number of methoxy groups -OCH3 is 1. The normalized spacial score (nSPS) is 11.0. The highest BCUT2D eigenvalue weighted by atomic mass is 35.5. The summed E-state index contributed by atoms with van der Waals surface area (Å²) in [6.07, 6.45) is 0. The fourth-order valence-corrected chi connectivity index (χ4v) is 3.37. The van der Waals surface area contributed by atoms with Crippen LogP contribution in [0.25, 0.3) is 27.8 Å². The van der Waals surface area contributed by atoms with E-state index in [0.717, 1.165) is 5.69 Å². The maximum Gasteiger partial charge on any atom is 0.266 e. The molecule has 0 aliphatic carbocycles. The molecule has 2 N–H and O–H groups in total. The number of ether oxygens (including phenoxy) is 1. The molecule has 0 aliphatic heterocycles. The summed E-state index contributed by atoms with van der Waals surface area (Å²) in [5.74, 6) is 0.707. The number of benzene rings is 2. The Morgan fingerprint density at radius 1 is 1.00 bits per heavy atom. The molecule has 4 aromatic rings. The van der Waals surface area contributed by atoms with Crippen LogP contribution in [0, 0.1) is 6.92 Å². The Morgan fingerprint density at radius 3 is 2.32 bits per heavy atom. The Hall–Kier alpha value is -3.31. The molecule has 0 saturated carbocycles. The van der Waals surface area contributed by atoms with Crippen LogP contribution in [0.2, 0.25) is 5.02 Å². The number of hydrogen-bond acceptors (Lipinski definition) is 4. The molecule has 2 heterocycles. The van der Waals surface area contributed by atoms with E-state index in [0.29, 0.717) is 44.3 Å². The summed E-state index contributed by atoms with van der Waals surface area (Å²) in [5, 5.41) is 1.31. The van der Waals surface area contributed by atoms with Crippen LogP contribution in [0.5, 0.6) is 5.75 Å². The third-order valence-electron chi connectivity index (χ3n) is 4.67. The van der Waals surface area contributed by atoms with Gasteiger partial charge in [0.2, 0.25) is 0 Å². The maximum absolute atomic E-state index is 13.5. The molecule has 0 unspecified atom stereocenters. The first-order chi connectivity index (χ1) is 13.5. The first kappa shape index (κ1) is 18.1. The predicted octanol–water partition coefficient (Wildman–Crippen LogP) is 4.61. The number of hydrogen-bond donors (Lipinski definition) is 1. The molecule has 0 amide bonds. The molecular weight excluding hydrogens is 374 g/mol. The first-order valence-electron chi connectivity index (χ1n) is 8.72. The van der Waals surface area contributed by atoms with Gasteiger partial charge in [-0.1, -0.05) is 23.7 Å². The van der Waals surface area contributed by atoms with Gasteiger partial charge in [-0.25, -0.2) is 4.98 Å². The van der Waals surface area contributed by atoms with Crippen molar-refractivity contribution in [2.24, 2.45) is 0 Å². The van der Waals surface area contributed by atoms with Crippen molar-refractivity contribution in [3.63, 3.8) is 0 Å². The van der Waals surface area contributed by atoms with Crippen molar-refractivity contribution in [3.05, 3.63) is 81.7 Å². The summed E-state index contributed by atoms with van der Waals surface area (Å²) in [5.41, 5.74) is 9.73. The van der Waals surface area contributed by atoms with Gasteiger partial charge in [-0.15, -0.1) is 0 Å². The second kappa shape index (κ2) is 7.02. The average molecular weight is 392 g/mol. The summed E-state index contributed by atoms with van der Waals surface area (Å²) >= 11 is 6.03. The van der Waals surface area contributed by atoms with E-state index in [1.165, 1.54) is 0 Å². The molecule has 0 atom stereocenters. The molecule has 6 heteroatoms. The van der Waals surface area contributed by atoms with Crippen LogP contribution < -0.4 is 16.0 Å². The molecule has 0 saturated heterocycles. The van der Waals surface area contributed by atoms with Crippen molar-refractivity contribution in [2.75, 3.05) is 12.8 Å². The first-order valence-corrected chi connectivity index (χ1v) is 9.09. The zero-order valence-electron chi connectivity index (χ0n) is 15.4. The number of halogens is 1. The topological polar surface area (TPSA) is 70.1 Å². The van der Waals surface area contributed by atoms with Gasteiger partial charge < -0.3 is 10.5 Å². The largest absolute Gasteiger partial charge is 0.497 e. The number of aromatic nitrogens is 2. The van der Waals surface area contributed by atoms with E-state index in [4.69, 9.17) is 22.1 Å². The summed E-state index contributed by atoms with van der Waals surface area (Å²) in [6.45, 7) is 1.88. The molecular formula is C22H18ClN3O2. The number of anilines is 1. The van der Waals surface area contributed by atoms with Gasteiger partial charge in [0.25, 0.3) is 5.56 Å². The summed E-state index contributed by atoms with van der Waals surface area (Å²) in [7, 11) is 1.60. The highest BCUT2D eigenvalue weighted by Gasteiger charge is 2.18. The van der Waals surface area contributed by atoms with E-state index < -0.39 is 0 Å².